The summed E-state index contributed by atoms with van der Waals surface area (Å²) in [5.41, 5.74) is 2.95. The first kappa shape index (κ1) is 14.2. The van der Waals surface area contributed by atoms with Gasteiger partial charge in [-0.1, -0.05) is 36.0 Å². The Hall–Kier alpha value is -0.700. The molecule has 1 aromatic carbocycles. The van der Waals surface area contributed by atoms with E-state index >= 15 is 0 Å². The second-order valence-corrected chi connectivity index (χ2v) is 6.22. The highest BCUT2D eigenvalue weighted by Crippen LogP contribution is 2.38. The molecule has 1 fully saturated rings. The maximum absolute atomic E-state index is 6.47. The largest absolute Gasteiger partial charge is 0.222 e. The molecule has 2 aromatic rings. The Morgan fingerprint density at radius 1 is 1.10 bits per heavy atom. The Bertz CT molecular complexity index is 598. The fourth-order valence-corrected chi connectivity index (χ4v) is 3.61. The molecule has 106 valence electrons. The van der Waals surface area contributed by atoms with Crippen LogP contribution in [0, 0.1) is 0 Å². The molecule has 0 bridgehead atoms. The predicted molar refractivity (Wildman–Crippen MR) is 84.4 cm³/mol. The number of rotatable bonds is 3. The summed E-state index contributed by atoms with van der Waals surface area (Å²) in [7, 11) is 0. The third-order valence-electron chi connectivity index (χ3n) is 3.90. The summed E-state index contributed by atoms with van der Waals surface area (Å²) in [4.78, 5) is 0. The summed E-state index contributed by atoms with van der Waals surface area (Å²) >= 11 is 18.5. The molecule has 0 spiro atoms. The zero-order valence-electron chi connectivity index (χ0n) is 11.0. The number of hydrogen-bond donors (Lipinski definition) is 0. The Morgan fingerprint density at radius 2 is 1.75 bits per heavy atom. The fraction of sp³-hybridized carbons (Fsp3) is 0.400. The minimum atomic E-state index is 0.401. The van der Waals surface area contributed by atoms with Crippen LogP contribution < -0.4 is 0 Å². The normalized spacial score (nSPS) is 15.9. The summed E-state index contributed by atoms with van der Waals surface area (Å²) in [6.45, 7) is 0. The van der Waals surface area contributed by atoms with Gasteiger partial charge in [-0.3, -0.25) is 0 Å². The molecule has 1 aliphatic carbocycles. The molecular formula is C15H15Cl3N2. The van der Waals surface area contributed by atoms with Gasteiger partial charge in [-0.25, -0.2) is 4.68 Å². The van der Waals surface area contributed by atoms with E-state index in [0.29, 0.717) is 22.0 Å². The van der Waals surface area contributed by atoms with E-state index < -0.39 is 0 Å². The highest BCUT2D eigenvalue weighted by atomic mass is 35.5. The van der Waals surface area contributed by atoms with Gasteiger partial charge in [0, 0.05) is 16.5 Å². The first-order chi connectivity index (χ1) is 9.70. The number of nitrogens with zero attached hydrogens (tertiary/aromatic N) is 2. The SMILES string of the molecule is ClCc1c(C2CCCC2)nn(-c2ccc(Cl)cc2)c1Cl. The van der Waals surface area contributed by atoms with E-state index in [1.54, 1.807) is 4.68 Å². The van der Waals surface area contributed by atoms with E-state index in [9.17, 15) is 0 Å². The maximum atomic E-state index is 6.47. The third-order valence-corrected chi connectivity index (χ3v) is 4.81. The minimum Gasteiger partial charge on any atom is -0.222 e. The van der Waals surface area contributed by atoms with Crippen LogP contribution in [0.4, 0.5) is 0 Å². The number of alkyl halides is 1. The summed E-state index contributed by atoms with van der Waals surface area (Å²) in [5, 5.41) is 6.03. The molecule has 1 heterocycles. The van der Waals surface area contributed by atoms with Gasteiger partial charge in [-0.05, 0) is 37.1 Å². The van der Waals surface area contributed by atoms with E-state index in [-0.39, 0.29) is 0 Å². The minimum absolute atomic E-state index is 0.401. The first-order valence-corrected chi connectivity index (χ1v) is 8.09. The van der Waals surface area contributed by atoms with E-state index in [4.69, 9.17) is 39.9 Å². The zero-order valence-corrected chi connectivity index (χ0v) is 13.2. The monoisotopic (exact) mass is 328 g/mol. The van der Waals surface area contributed by atoms with Crippen molar-refractivity contribution in [1.29, 1.82) is 0 Å². The summed E-state index contributed by atoms with van der Waals surface area (Å²) in [6.07, 6.45) is 4.88. The molecule has 0 saturated heterocycles. The lowest BCUT2D eigenvalue weighted by atomic mass is 10.0. The Kier molecular flexibility index (Phi) is 4.25. The molecule has 0 aliphatic heterocycles. The average Bonchev–Trinajstić information content (AvgIpc) is 3.07. The van der Waals surface area contributed by atoms with Crippen LogP contribution in [0.15, 0.2) is 24.3 Å². The molecule has 0 amide bonds. The van der Waals surface area contributed by atoms with Crippen molar-refractivity contribution < 1.29 is 0 Å². The van der Waals surface area contributed by atoms with Crippen LogP contribution in [0.1, 0.15) is 42.9 Å². The highest BCUT2D eigenvalue weighted by molar-refractivity contribution is 6.32. The van der Waals surface area contributed by atoms with Gasteiger partial charge in [0.25, 0.3) is 0 Å². The summed E-state index contributed by atoms with van der Waals surface area (Å²) in [5.74, 6) is 0.896. The first-order valence-electron chi connectivity index (χ1n) is 6.80. The van der Waals surface area contributed by atoms with Crippen molar-refractivity contribution >= 4 is 34.8 Å². The fourth-order valence-electron chi connectivity index (χ4n) is 2.85. The Morgan fingerprint density at radius 3 is 2.35 bits per heavy atom. The molecule has 0 unspecified atom stereocenters. The smallest absolute Gasteiger partial charge is 0.137 e. The van der Waals surface area contributed by atoms with Crippen molar-refractivity contribution in [2.45, 2.75) is 37.5 Å². The second kappa shape index (κ2) is 5.97. The molecule has 3 rings (SSSR count). The number of aromatic nitrogens is 2. The molecule has 0 N–H and O–H groups in total. The van der Waals surface area contributed by atoms with E-state index in [0.717, 1.165) is 16.9 Å². The Labute approximate surface area is 133 Å². The van der Waals surface area contributed by atoms with Gasteiger partial charge in [0.15, 0.2) is 0 Å². The zero-order chi connectivity index (χ0) is 14.1. The van der Waals surface area contributed by atoms with E-state index in [1.807, 2.05) is 24.3 Å². The lowest BCUT2D eigenvalue weighted by Crippen LogP contribution is -1.99. The van der Waals surface area contributed by atoms with Crippen molar-refractivity contribution in [2.24, 2.45) is 0 Å². The third kappa shape index (κ3) is 2.57. The molecule has 1 aromatic heterocycles. The van der Waals surface area contributed by atoms with Crippen LogP contribution in [0.3, 0.4) is 0 Å². The number of benzene rings is 1. The highest BCUT2D eigenvalue weighted by Gasteiger charge is 2.26. The van der Waals surface area contributed by atoms with Gasteiger partial charge in [-0.2, -0.15) is 5.10 Å². The molecule has 5 heteroatoms. The molecular weight excluding hydrogens is 315 g/mol. The van der Waals surface area contributed by atoms with Crippen LogP contribution in [-0.4, -0.2) is 9.78 Å². The van der Waals surface area contributed by atoms with Gasteiger partial charge < -0.3 is 0 Å². The standard InChI is InChI=1S/C15H15Cl3N2/c16-9-13-14(10-3-1-2-4-10)19-20(15(13)18)12-7-5-11(17)6-8-12/h5-8,10H,1-4,9H2. The van der Waals surface area contributed by atoms with Crippen LogP contribution in [0.25, 0.3) is 5.69 Å². The summed E-state index contributed by atoms with van der Waals surface area (Å²) < 4.78 is 1.77. The molecule has 2 nitrogen and oxygen atoms in total. The van der Waals surface area contributed by atoms with Crippen molar-refractivity contribution in [3.05, 3.63) is 45.7 Å². The maximum Gasteiger partial charge on any atom is 0.137 e. The lowest BCUT2D eigenvalue weighted by Gasteiger charge is -2.06. The van der Waals surface area contributed by atoms with E-state index in [2.05, 4.69) is 0 Å². The molecule has 1 saturated carbocycles. The van der Waals surface area contributed by atoms with Gasteiger partial charge in [0.1, 0.15) is 5.15 Å². The van der Waals surface area contributed by atoms with Crippen LogP contribution >= 0.6 is 34.8 Å². The average molecular weight is 330 g/mol. The van der Waals surface area contributed by atoms with Crippen LogP contribution in [0.2, 0.25) is 10.2 Å². The van der Waals surface area contributed by atoms with Crippen molar-refractivity contribution in [2.75, 3.05) is 0 Å². The van der Waals surface area contributed by atoms with Gasteiger partial charge in [0.2, 0.25) is 0 Å². The lowest BCUT2D eigenvalue weighted by molar-refractivity contribution is 0.675. The van der Waals surface area contributed by atoms with Crippen LogP contribution in [-0.2, 0) is 5.88 Å². The molecule has 0 radical (unpaired) electrons. The molecule has 1 aliphatic rings. The van der Waals surface area contributed by atoms with Gasteiger partial charge in [0.05, 0.1) is 17.3 Å². The predicted octanol–water partition coefficient (Wildman–Crippen LogP) is 5.58. The second-order valence-electron chi connectivity index (χ2n) is 5.16. The van der Waals surface area contributed by atoms with Crippen molar-refractivity contribution in [1.82, 2.24) is 9.78 Å². The van der Waals surface area contributed by atoms with Crippen molar-refractivity contribution in [3.63, 3.8) is 0 Å². The van der Waals surface area contributed by atoms with Crippen molar-refractivity contribution in [3.8, 4) is 5.69 Å². The van der Waals surface area contributed by atoms with Gasteiger partial charge >= 0.3 is 0 Å². The van der Waals surface area contributed by atoms with Crippen LogP contribution in [0.5, 0.6) is 0 Å². The topological polar surface area (TPSA) is 17.8 Å². The quantitative estimate of drug-likeness (QED) is 0.673. The number of halogens is 3. The van der Waals surface area contributed by atoms with E-state index in [1.165, 1.54) is 25.7 Å². The summed E-state index contributed by atoms with van der Waals surface area (Å²) in [6, 6.07) is 7.50. The number of hydrogen-bond acceptors (Lipinski definition) is 1. The Balaban J connectivity index is 2.05. The van der Waals surface area contributed by atoms with Gasteiger partial charge in [-0.15, -0.1) is 11.6 Å². The molecule has 20 heavy (non-hydrogen) atoms. The molecule has 0 atom stereocenters.